The van der Waals surface area contributed by atoms with Crippen molar-refractivity contribution in [1.29, 1.82) is 0 Å². The number of benzene rings is 5. The molecule has 0 atom stereocenters. The van der Waals surface area contributed by atoms with Crippen LogP contribution in [-0.4, -0.2) is 9.97 Å². The minimum absolute atomic E-state index is 0.875. The summed E-state index contributed by atoms with van der Waals surface area (Å²) in [5.74, 6) is 0. The van der Waals surface area contributed by atoms with Gasteiger partial charge in [0.05, 0.1) is 16.9 Å². The van der Waals surface area contributed by atoms with Gasteiger partial charge in [-0.3, -0.25) is 4.98 Å². The first-order chi connectivity index (χ1) is 17.8. The van der Waals surface area contributed by atoms with Gasteiger partial charge in [-0.2, -0.15) is 0 Å². The van der Waals surface area contributed by atoms with Crippen molar-refractivity contribution in [1.82, 2.24) is 9.97 Å². The topological polar surface area (TPSA) is 25.8 Å². The molecule has 2 nitrogen and oxygen atoms in total. The zero-order valence-corrected chi connectivity index (χ0v) is 19.6. The molecular formula is C34H22N2. The zero-order valence-electron chi connectivity index (χ0n) is 19.6. The number of hydrogen-bond donors (Lipinski definition) is 0. The lowest BCUT2D eigenvalue weighted by molar-refractivity contribution is 1.28. The molecule has 0 amide bonds. The van der Waals surface area contributed by atoms with Gasteiger partial charge in [-0.15, -0.1) is 0 Å². The fourth-order valence-electron chi connectivity index (χ4n) is 5.02. The Labute approximate surface area is 209 Å². The van der Waals surface area contributed by atoms with E-state index in [4.69, 9.17) is 4.98 Å². The molecule has 0 N–H and O–H groups in total. The second-order valence-electron chi connectivity index (χ2n) is 9.13. The zero-order chi connectivity index (χ0) is 23.9. The summed E-state index contributed by atoms with van der Waals surface area (Å²) in [6.07, 6.45) is 1.82. The quantitative estimate of drug-likeness (QED) is 0.264. The van der Waals surface area contributed by atoms with Gasteiger partial charge in [0.1, 0.15) is 0 Å². The SMILES string of the molecule is c1ccc(-c2cc(-c3ccc4ccccc4c3)c3cc(-c4ccc5ccccc5c4)ccc3n2)nc1. The molecule has 0 fully saturated rings. The lowest BCUT2D eigenvalue weighted by atomic mass is 9.94. The van der Waals surface area contributed by atoms with Crippen molar-refractivity contribution >= 4 is 32.4 Å². The molecule has 0 spiro atoms. The van der Waals surface area contributed by atoms with Gasteiger partial charge < -0.3 is 0 Å². The van der Waals surface area contributed by atoms with Crippen LogP contribution in [0.25, 0.3) is 66.1 Å². The number of pyridine rings is 2. The summed E-state index contributed by atoms with van der Waals surface area (Å²) >= 11 is 0. The molecule has 0 radical (unpaired) electrons. The Hall–Kier alpha value is -4.82. The Balaban J connectivity index is 1.47. The summed E-state index contributed by atoms with van der Waals surface area (Å²) in [6.45, 7) is 0. The molecular weight excluding hydrogens is 436 g/mol. The van der Waals surface area contributed by atoms with Crippen LogP contribution in [0.1, 0.15) is 0 Å². The third-order valence-corrected chi connectivity index (χ3v) is 6.88. The smallest absolute Gasteiger partial charge is 0.0900 e. The second-order valence-corrected chi connectivity index (χ2v) is 9.13. The summed E-state index contributed by atoms with van der Waals surface area (Å²) in [6, 6.07) is 45.1. The van der Waals surface area contributed by atoms with E-state index in [1.807, 2.05) is 24.4 Å². The monoisotopic (exact) mass is 458 g/mol. The summed E-state index contributed by atoms with van der Waals surface area (Å²) < 4.78 is 0. The molecule has 0 saturated heterocycles. The highest BCUT2D eigenvalue weighted by Gasteiger charge is 2.12. The number of rotatable bonds is 3. The number of hydrogen-bond acceptors (Lipinski definition) is 2. The lowest BCUT2D eigenvalue weighted by Gasteiger charge is -2.13. The van der Waals surface area contributed by atoms with Gasteiger partial charge in [-0.1, -0.05) is 84.9 Å². The van der Waals surface area contributed by atoms with Gasteiger partial charge in [0.15, 0.2) is 0 Å². The average Bonchev–Trinajstić information content (AvgIpc) is 2.96. The molecule has 0 unspecified atom stereocenters. The Morgan fingerprint density at radius 3 is 1.75 bits per heavy atom. The van der Waals surface area contributed by atoms with Gasteiger partial charge in [0, 0.05) is 11.6 Å². The molecule has 36 heavy (non-hydrogen) atoms. The van der Waals surface area contributed by atoms with Crippen molar-refractivity contribution < 1.29 is 0 Å². The summed E-state index contributed by atoms with van der Waals surface area (Å²) in [5.41, 5.74) is 7.44. The maximum Gasteiger partial charge on any atom is 0.0900 e. The van der Waals surface area contributed by atoms with Crippen molar-refractivity contribution in [3.8, 4) is 33.6 Å². The third kappa shape index (κ3) is 3.60. The molecule has 7 aromatic rings. The van der Waals surface area contributed by atoms with E-state index in [9.17, 15) is 0 Å². The van der Waals surface area contributed by atoms with E-state index in [0.717, 1.165) is 27.9 Å². The van der Waals surface area contributed by atoms with Crippen LogP contribution < -0.4 is 0 Å². The Morgan fingerprint density at radius 2 is 1.03 bits per heavy atom. The van der Waals surface area contributed by atoms with E-state index >= 15 is 0 Å². The first-order valence-corrected chi connectivity index (χ1v) is 12.2. The molecule has 0 bridgehead atoms. The van der Waals surface area contributed by atoms with Crippen LogP contribution in [0.15, 0.2) is 134 Å². The molecule has 5 aromatic carbocycles. The number of nitrogens with zero attached hydrogens (tertiary/aromatic N) is 2. The third-order valence-electron chi connectivity index (χ3n) is 6.88. The van der Waals surface area contributed by atoms with Crippen LogP contribution in [0.5, 0.6) is 0 Å². The lowest BCUT2D eigenvalue weighted by Crippen LogP contribution is -1.92. The van der Waals surface area contributed by atoms with Crippen LogP contribution in [0, 0.1) is 0 Å². The largest absolute Gasteiger partial charge is 0.255 e. The Morgan fingerprint density at radius 1 is 0.417 bits per heavy atom. The van der Waals surface area contributed by atoms with E-state index in [0.29, 0.717) is 0 Å². The van der Waals surface area contributed by atoms with Gasteiger partial charge >= 0.3 is 0 Å². The van der Waals surface area contributed by atoms with Crippen molar-refractivity contribution in [3.63, 3.8) is 0 Å². The van der Waals surface area contributed by atoms with Crippen molar-refractivity contribution in [3.05, 3.63) is 134 Å². The van der Waals surface area contributed by atoms with Gasteiger partial charge in [-0.05, 0) is 86.3 Å². The molecule has 168 valence electrons. The van der Waals surface area contributed by atoms with E-state index in [1.165, 1.54) is 38.2 Å². The van der Waals surface area contributed by atoms with Gasteiger partial charge in [-0.25, -0.2) is 4.98 Å². The fraction of sp³-hybridized carbons (Fsp3) is 0. The maximum atomic E-state index is 5.02. The molecule has 2 aromatic heterocycles. The highest BCUT2D eigenvalue weighted by molar-refractivity contribution is 6.01. The number of aromatic nitrogens is 2. The standard InChI is InChI=1S/C34H22N2/c1-3-9-25-19-27(14-12-23(25)7-1)28-16-17-32-31(21-28)30(22-34(36-32)33-11-5-6-18-35-33)29-15-13-24-8-2-4-10-26(24)20-29/h1-22H. The molecule has 7 rings (SSSR count). The molecule has 0 aliphatic carbocycles. The summed E-state index contributed by atoms with van der Waals surface area (Å²) in [5, 5.41) is 6.09. The van der Waals surface area contributed by atoms with Crippen LogP contribution in [0.3, 0.4) is 0 Å². The van der Waals surface area contributed by atoms with Crippen LogP contribution in [-0.2, 0) is 0 Å². The predicted molar refractivity (Wildman–Crippen MR) is 151 cm³/mol. The number of fused-ring (bicyclic) bond motifs is 3. The highest BCUT2D eigenvalue weighted by Crippen LogP contribution is 2.36. The molecule has 0 aliphatic rings. The first kappa shape index (κ1) is 20.5. The van der Waals surface area contributed by atoms with Gasteiger partial charge in [0.25, 0.3) is 0 Å². The fourth-order valence-corrected chi connectivity index (χ4v) is 5.02. The minimum Gasteiger partial charge on any atom is -0.255 e. The Bertz CT molecular complexity index is 1890. The summed E-state index contributed by atoms with van der Waals surface area (Å²) in [7, 11) is 0. The highest BCUT2D eigenvalue weighted by atomic mass is 14.8. The molecule has 0 aliphatic heterocycles. The van der Waals surface area contributed by atoms with Crippen molar-refractivity contribution in [2.45, 2.75) is 0 Å². The molecule has 0 saturated carbocycles. The van der Waals surface area contributed by atoms with Gasteiger partial charge in [0.2, 0.25) is 0 Å². The molecule has 2 heterocycles. The predicted octanol–water partition coefficient (Wildman–Crippen LogP) is 8.94. The Kier molecular flexibility index (Phi) is 4.82. The van der Waals surface area contributed by atoms with E-state index in [1.54, 1.807) is 0 Å². The van der Waals surface area contributed by atoms with E-state index in [2.05, 4.69) is 114 Å². The molecule has 2 heteroatoms. The normalized spacial score (nSPS) is 11.3. The van der Waals surface area contributed by atoms with E-state index in [-0.39, 0.29) is 0 Å². The average molecular weight is 459 g/mol. The van der Waals surface area contributed by atoms with Crippen molar-refractivity contribution in [2.24, 2.45) is 0 Å². The second kappa shape index (κ2) is 8.44. The van der Waals surface area contributed by atoms with Crippen LogP contribution in [0.4, 0.5) is 0 Å². The first-order valence-electron chi connectivity index (χ1n) is 12.2. The van der Waals surface area contributed by atoms with Crippen molar-refractivity contribution in [2.75, 3.05) is 0 Å². The van der Waals surface area contributed by atoms with E-state index < -0.39 is 0 Å². The summed E-state index contributed by atoms with van der Waals surface area (Å²) in [4.78, 5) is 9.59. The minimum atomic E-state index is 0.875. The maximum absolute atomic E-state index is 5.02. The van der Waals surface area contributed by atoms with Crippen LogP contribution in [0.2, 0.25) is 0 Å². The van der Waals surface area contributed by atoms with Crippen LogP contribution >= 0.6 is 0 Å².